The predicted molar refractivity (Wildman–Crippen MR) is 87.4 cm³/mol. The minimum absolute atomic E-state index is 0.0835. The molecule has 1 heterocycles. The molecule has 5 nitrogen and oxygen atoms in total. The lowest BCUT2D eigenvalue weighted by atomic mass is 10.0. The second kappa shape index (κ2) is 6.66. The molecule has 22 heavy (non-hydrogen) atoms. The summed E-state index contributed by atoms with van der Waals surface area (Å²) in [4.78, 5) is 0.424. The Balaban J connectivity index is 2.42. The van der Waals surface area contributed by atoms with Crippen molar-refractivity contribution in [3.63, 3.8) is 0 Å². The second-order valence-electron chi connectivity index (χ2n) is 6.12. The number of hydrogen-bond donors (Lipinski definition) is 1. The van der Waals surface area contributed by atoms with E-state index in [0.29, 0.717) is 30.8 Å². The van der Waals surface area contributed by atoms with Crippen molar-refractivity contribution < 1.29 is 13.2 Å². The van der Waals surface area contributed by atoms with E-state index in [9.17, 15) is 8.42 Å². The molecule has 1 saturated heterocycles. The molecule has 124 valence electrons. The van der Waals surface area contributed by atoms with Gasteiger partial charge in [0.05, 0.1) is 11.0 Å². The zero-order valence-electron chi connectivity index (χ0n) is 13.8. The summed E-state index contributed by atoms with van der Waals surface area (Å²) in [5, 5.41) is 0. The van der Waals surface area contributed by atoms with E-state index in [1.54, 1.807) is 11.4 Å². The van der Waals surface area contributed by atoms with Crippen LogP contribution in [-0.4, -0.2) is 45.1 Å². The molecule has 1 aliphatic heterocycles. The van der Waals surface area contributed by atoms with E-state index in [-0.39, 0.29) is 12.1 Å². The Labute approximate surface area is 133 Å². The average Bonchev–Trinajstić information content (AvgIpc) is 2.44. The number of hydrogen-bond acceptors (Lipinski definition) is 4. The lowest BCUT2D eigenvalue weighted by Crippen LogP contribution is -2.51. The SMILES string of the molecule is COC1CCN(S(=O)(=O)c2c(C)cc(C)cc2C)C(CN)C1. The molecule has 0 aromatic heterocycles. The molecule has 1 aromatic rings. The van der Waals surface area contributed by atoms with Gasteiger partial charge in [0.2, 0.25) is 10.0 Å². The van der Waals surface area contributed by atoms with Gasteiger partial charge in [0.25, 0.3) is 0 Å². The summed E-state index contributed by atoms with van der Waals surface area (Å²) in [6.45, 7) is 6.44. The standard InChI is InChI=1S/C16H26N2O3S/c1-11-7-12(2)16(13(3)8-11)22(19,20)18-6-5-15(21-4)9-14(18)10-17/h7-8,14-15H,5-6,9-10,17H2,1-4H3. The third-order valence-electron chi connectivity index (χ3n) is 4.39. The number of piperidine rings is 1. The molecule has 1 aliphatic rings. The zero-order chi connectivity index (χ0) is 16.5. The van der Waals surface area contributed by atoms with Gasteiger partial charge in [0.1, 0.15) is 0 Å². The molecule has 2 N–H and O–H groups in total. The molecule has 0 saturated carbocycles. The monoisotopic (exact) mass is 326 g/mol. The Morgan fingerprint density at radius 2 is 1.86 bits per heavy atom. The van der Waals surface area contributed by atoms with Crippen LogP contribution in [0, 0.1) is 20.8 Å². The molecule has 2 atom stereocenters. The van der Waals surface area contributed by atoms with Crippen LogP contribution in [-0.2, 0) is 14.8 Å². The van der Waals surface area contributed by atoms with E-state index in [4.69, 9.17) is 10.5 Å². The second-order valence-corrected chi connectivity index (χ2v) is 7.94. The van der Waals surface area contributed by atoms with Crippen LogP contribution in [0.2, 0.25) is 0 Å². The molecule has 0 bridgehead atoms. The van der Waals surface area contributed by atoms with Crippen LogP contribution >= 0.6 is 0 Å². The highest BCUT2D eigenvalue weighted by atomic mass is 32.2. The summed E-state index contributed by atoms with van der Waals surface area (Å²) in [5.74, 6) is 0. The van der Waals surface area contributed by atoms with E-state index in [0.717, 1.165) is 16.7 Å². The van der Waals surface area contributed by atoms with Crippen LogP contribution in [0.3, 0.4) is 0 Å². The third kappa shape index (κ3) is 3.20. The van der Waals surface area contributed by atoms with Crippen molar-refractivity contribution in [2.75, 3.05) is 20.2 Å². The maximum Gasteiger partial charge on any atom is 0.243 e. The van der Waals surface area contributed by atoms with Gasteiger partial charge in [-0.2, -0.15) is 4.31 Å². The Hall–Kier alpha value is -0.950. The van der Waals surface area contributed by atoms with Crippen LogP contribution in [0.5, 0.6) is 0 Å². The first-order valence-electron chi connectivity index (χ1n) is 7.63. The van der Waals surface area contributed by atoms with E-state index >= 15 is 0 Å². The fourth-order valence-corrected chi connectivity index (χ4v) is 5.50. The maximum atomic E-state index is 13.1. The smallest absolute Gasteiger partial charge is 0.243 e. The summed E-state index contributed by atoms with van der Waals surface area (Å²) in [6, 6.07) is 3.63. The first-order valence-corrected chi connectivity index (χ1v) is 9.07. The van der Waals surface area contributed by atoms with Crippen molar-refractivity contribution in [1.82, 2.24) is 4.31 Å². The van der Waals surface area contributed by atoms with E-state index in [1.807, 2.05) is 32.9 Å². The largest absolute Gasteiger partial charge is 0.381 e. The van der Waals surface area contributed by atoms with Gasteiger partial charge in [-0.15, -0.1) is 0 Å². The van der Waals surface area contributed by atoms with Crippen LogP contribution in [0.15, 0.2) is 17.0 Å². The number of aryl methyl sites for hydroxylation is 3. The number of methoxy groups -OCH3 is 1. The quantitative estimate of drug-likeness (QED) is 0.915. The maximum absolute atomic E-state index is 13.1. The molecule has 1 aromatic carbocycles. The number of nitrogens with zero attached hydrogens (tertiary/aromatic N) is 1. The highest BCUT2D eigenvalue weighted by Gasteiger charge is 2.37. The number of nitrogens with two attached hydrogens (primary N) is 1. The summed E-state index contributed by atoms with van der Waals surface area (Å²) < 4.78 is 33.2. The van der Waals surface area contributed by atoms with Crippen molar-refractivity contribution in [1.29, 1.82) is 0 Å². The number of rotatable bonds is 4. The van der Waals surface area contributed by atoms with Crippen molar-refractivity contribution in [2.45, 2.75) is 50.7 Å². The lowest BCUT2D eigenvalue weighted by molar-refractivity contribution is 0.0401. The van der Waals surface area contributed by atoms with Crippen molar-refractivity contribution in [3.8, 4) is 0 Å². The molecule has 0 spiro atoms. The summed E-state index contributed by atoms with van der Waals surface area (Å²) in [6.07, 6.45) is 1.44. The van der Waals surface area contributed by atoms with Gasteiger partial charge in [-0.25, -0.2) is 8.42 Å². The molecule has 0 amide bonds. The summed E-state index contributed by atoms with van der Waals surface area (Å²) in [5.41, 5.74) is 8.48. The minimum atomic E-state index is -3.54. The summed E-state index contributed by atoms with van der Waals surface area (Å²) in [7, 11) is -1.87. The Kier molecular flexibility index (Phi) is 5.27. The van der Waals surface area contributed by atoms with Gasteiger partial charge >= 0.3 is 0 Å². The zero-order valence-corrected chi connectivity index (χ0v) is 14.6. The number of benzene rings is 1. The molecular weight excluding hydrogens is 300 g/mol. The molecule has 2 rings (SSSR count). The topological polar surface area (TPSA) is 72.6 Å². The van der Waals surface area contributed by atoms with Crippen LogP contribution in [0.25, 0.3) is 0 Å². The van der Waals surface area contributed by atoms with Gasteiger partial charge < -0.3 is 10.5 Å². The van der Waals surface area contributed by atoms with E-state index < -0.39 is 10.0 Å². The summed E-state index contributed by atoms with van der Waals surface area (Å²) >= 11 is 0. The van der Waals surface area contributed by atoms with Crippen LogP contribution in [0.4, 0.5) is 0 Å². The molecule has 1 fully saturated rings. The lowest BCUT2D eigenvalue weighted by Gasteiger charge is -2.38. The normalized spacial score (nSPS) is 23.7. The Morgan fingerprint density at radius 1 is 1.27 bits per heavy atom. The highest BCUT2D eigenvalue weighted by molar-refractivity contribution is 7.89. The highest BCUT2D eigenvalue weighted by Crippen LogP contribution is 2.30. The fourth-order valence-electron chi connectivity index (χ4n) is 3.43. The van der Waals surface area contributed by atoms with E-state index in [1.165, 1.54) is 0 Å². The third-order valence-corrected chi connectivity index (χ3v) is 6.65. The number of ether oxygens (including phenoxy) is 1. The minimum Gasteiger partial charge on any atom is -0.381 e. The Bertz CT molecular complexity index is 620. The van der Waals surface area contributed by atoms with Crippen LogP contribution < -0.4 is 5.73 Å². The van der Waals surface area contributed by atoms with E-state index in [2.05, 4.69) is 0 Å². The van der Waals surface area contributed by atoms with Crippen molar-refractivity contribution in [3.05, 3.63) is 28.8 Å². The van der Waals surface area contributed by atoms with Gasteiger partial charge in [0.15, 0.2) is 0 Å². The average molecular weight is 326 g/mol. The van der Waals surface area contributed by atoms with Crippen molar-refractivity contribution >= 4 is 10.0 Å². The van der Waals surface area contributed by atoms with Gasteiger partial charge in [-0.1, -0.05) is 17.7 Å². The predicted octanol–water partition coefficient (Wildman–Crippen LogP) is 1.74. The first-order chi connectivity index (χ1) is 10.3. The first kappa shape index (κ1) is 17.4. The molecule has 6 heteroatoms. The van der Waals surface area contributed by atoms with Gasteiger partial charge in [-0.05, 0) is 44.7 Å². The van der Waals surface area contributed by atoms with Crippen LogP contribution in [0.1, 0.15) is 29.5 Å². The fraction of sp³-hybridized carbons (Fsp3) is 0.625. The molecular formula is C16H26N2O3S. The number of sulfonamides is 1. The van der Waals surface area contributed by atoms with Gasteiger partial charge in [0, 0.05) is 26.2 Å². The molecule has 2 unspecified atom stereocenters. The Morgan fingerprint density at radius 3 is 2.36 bits per heavy atom. The van der Waals surface area contributed by atoms with Gasteiger partial charge in [-0.3, -0.25) is 0 Å². The molecule has 0 radical (unpaired) electrons. The molecule has 0 aliphatic carbocycles. The van der Waals surface area contributed by atoms with Crippen molar-refractivity contribution in [2.24, 2.45) is 5.73 Å².